The number of aryl methyl sites for hydroxylation is 1. The van der Waals surface area contributed by atoms with Crippen LogP contribution in [0.1, 0.15) is 22.7 Å². The van der Waals surface area contributed by atoms with Gasteiger partial charge in [0.1, 0.15) is 5.84 Å². The Hall–Kier alpha value is -1.06. The Kier molecular flexibility index (Phi) is 3.89. The molecule has 1 unspecified atom stereocenters. The molecule has 0 amide bonds. The molecule has 23 heavy (non-hydrogen) atoms. The SMILES string of the molecule is Cc1nc(C2(c3cccc(I)c3)NC(=S)N3CCCN=C32)cs1. The first kappa shape index (κ1) is 15.5. The first-order valence-electron chi connectivity index (χ1n) is 7.44. The van der Waals surface area contributed by atoms with Crippen molar-refractivity contribution in [1.82, 2.24) is 15.2 Å². The fraction of sp³-hybridized carbons (Fsp3) is 0.312. The molecular weight excluding hydrogens is 439 g/mol. The normalized spacial score (nSPS) is 23.5. The molecule has 1 aromatic carbocycles. The van der Waals surface area contributed by atoms with Crippen molar-refractivity contribution in [2.75, 3.05) is 13.1 Å². The van der Waals surface area contributed by atoms with Crippen LogP contribution in [0.25, 0.3) is 0 Å². The largest absolute Gasteiger partial charge is 0.341 e. The highest BCUT2D eigenvalue weighted by Gasteiger charge is 2.51. The van der Waals surface area contributed by atoms with Crippen molar-refractivity contribution >= 4 is 57.1 Å². The average molecular weight is 454 g/mol. The number of halogens is 1. The van der Waals surface area contributed by atoms with E-state index in [1.807, 2.05) is 6.92 Å². The van der Waals surface area contributed by atoms with Gasteiger partial charge in [-0.3, -0.25) is 4.99 Å². The fourth-order valence-electron chi connectivity index (χ4n) is 3.19. The summed E-state index contributed by atoms with van der Waals surface area (Å²) >= 11 is 9.62. The van der Waals surface area contributed by atoms with Crippen LogP contribution in [-0.2, 0) is 5.54 Å². The van der Waals surface area contributed by atoms with Gasteiger partial charge >= 0.3 is 0 Å². The standard InChI is InChI=1S/C16H15IN4S2/c1-10-19-13(9-23-10)16(11-4-2-5-12(17)8-11)14-18-6-3-7-21(14)15(22)20-16/h2,4-5,8-9H,3,6-7H2,1H3,(H,20,22). The van der Waals surface area contributed by atoms with E-state index in [9.17, 15) is 0 Å². The molecule has 1 saturated heterocycles. The third-order valence-electron chi connectivity index (χ3n) is 4.19. The van der Waals surface area contributed by atoms with Crippen molar-refractivity contribution in [2.24, 2.45) is 4.99 Å². The number of amidine groups is 1. The lowest BCUT2D eigenvalue weighted by Crippen LogP contribution is -2.46. The Balaban J connectivity index is 1.99. The molecule has 1 aromatic heterocycles. The van der Waals surface area contributed by atoms with E-state index in [2.05, 4.69) is 62.5 Å². The summed E-state index contributed by atoms with van der Waals surface area (Å²) in [5, 5.41) is 7.46. The molecule has 2 aliphatic rings. The molecule has 118 valence electrons. The van der Waals surface area contributed by atoms with E-state index in [1.54, 1.807) is 11.3 Å². The maximum atomic E-state index is 5.61. The summed E-state index contributed by atoms with van der Waals surface area (Å²) in [5.41, 5.74) is 1.55. The maximum absolute atomic E-state index is 5.61. The zero-order valence-electron chi connectivity index (χ0n) is 12.5. The minimum atomic E-state index is -0.566. The Morgan fingerprint density at radius 3 is 3.04 bits per heavy atom. The summed E-state index contributed by atoms with van der Waals surface area (Å²) in [7, 11) is 0. The number of aliphatic imine (C=N–C) groups is 1. The van der Waals surface area contributed by atoms with E-state index < -0.39 is 5.54 Å². The molecule has 0 spiro atoms. The van der Waals surface area contributed by atoms with Crippen LogP contribution in [0.4, 0.5) is 0 Å². The summed E-state index contributed by atoms with van der Waals surface area (Å²) in [4.78, 5) is 11.8. The van der Waals surface area contributed by atoms with Crippen LogP contribution in [0, 0.1) is 10.5 Å². The molecule has 7 heteroatoms. The van der Waals surface area contributed by atoms with E-state index in [1.165, 1.54) is 3.57 Å². The van der Waals surface area contributed by atoms with Crippen molar-refractivity contribution in [3.05, 3.63) is 49.5 Å². The zero-order valence-corrected chi connectivity index (χ0v) is 16.3. The molecular formula is C16H15IN4S2. The molecule has 1 atom stereocenters. The molecule has 3 heterocycles. The number of thiazole rings is 1. The first-order valence-corrected chi connectivity index (χ1v) is 9.81. The number of fused-ring (bicyclic) bond motifs is 1. The number of nitrogens with one attached hydrogen (secondary N) is 1. The van der Waals surface area contributed by atoms with Crippen molar-refractivity contribution < 1.29 is 0 Å². The van der Waals surface area contributed by atoms with Crippen LogP contribution in [0.2, 0.25) is 0 Å². The molecule has 0 bridgehead atoms. The predicted molar refractivity (Wildman–Crippen MR) is 106 cm³/mol. The molecule has 0 saturated carbocycles. The highest BCUT2D eigenvalue weighted by molar-refractivity contribution is 14.1. The van der Waals surface area contributed by atoms with Gasteiger partial charge in [-0.25, -0.2) is 4.98 Å². The van der Waals surface area contributed by atoms with Crippen LogP contribution in [0.15, 0.2) is 34.6 Å². The number of thiocarbonyl (C=S) groups is 1. The van der Waals surface area contributed by atoms with Crippen molar-refractivity contribution in [1.29, 1.82) is 0 Å². The third kappa shape index (κ3) is 2.40. The average Bonchev–Trinajstić information content (AvgIpc) is 3.11. The number of aromatic nitrogens is 1. The van der Waals surface area contributed by atoms with Crippen LogP contribution in [0.5, 0.6) is 0 Å². The lowest BCUT2D eigenvalue weighted by Gasteiger charge is -2.31. The lowest BCUT2D eigenvalue weighted by molar-refractivity contribution is 0.542. The predicted octanol–water partition coefficient (Wildman–Crippen LogP) is 3.29. The molecule has 4 rings (SSSR count). The van der Waals surface area contributed by atoms with Gasteiger partial charge in [-0.2, -0.15) is 0 Å². The van der Waals surface area contributed by atoms with Gasteiger partial charge in [0.15, 0.2) is 10.7 Å². The Morgan fingerprint density at radius 1 is 1.43 bits per heavy atom. The van der Waals surface area contributed by atoms with Gasteiger partial charge in [-0.15, -0.1) is 11.3 Å². The van der Waals surface area contributed by atoms with Gasteiger partial charge in [0.25, 0.3) is 0 Å². The van der Waals surface area contributed by atoms with E-state index in [0.717, 1.165) is 46.7 Å². The van der Waals surface area contributed by atoms with E-state index >= 15 is 0 Å². The molecule has 4 nitrogen and oxygen atoms in total. The van der Waals surface area contributed by atoms with Gasteiger partial charge in [-0.05, 0) is 65.8 Å². The first-order chi connectivity index (χ1) is 11.1. The zero-order chi connectivity index (χ0) is 16.0. The minimum absolute atomic E-state index is 0.566. The maximum Gasteiger partial charge on any atom is 0.175 e. The summed E-state index contributed by atoms with van der Waals surface area (Å²) in [6, 6.07) is 8.49. The van der Waals surface area contributed by atoms with Crippen molar-refractivity contribution in [3.8, 4) is 0 Å². The van der Waals surface area contributed by atoms with E-state index in [4.69, 9.17) is 22.2 Å². The van der Waals surface area contributed by atoms with Gasteiger partial charge in [0.05, 0.1) is 10.7 Å². The number of nitrogens with zero attached hydrogens (tertiary/aromatic N) is 3. The van der Waals surface area contributed by atoms with Crippen LogP contribution in [0.3, 0.4) is 0 Å². The van der Waals surface area contributed by atoms with Crippen LogP contribution >= 0.6 is 46.1 Å². The molecule has 0 radical (unpaired) electrons. The monoisotopic (exact) mass is 454 g/mol. The number of rotatable bonds is 2. The second-order valence-electron chi connectivity index (χ2n) is 5.65. The Bertz CT molecular complexity index is 816. The Labute approximate surface area is 158 Å². The van der Waals surface area contributed by atoms with Gasteiger partial charge in [-0.1, -0.05) is 12.1 Å². The summed E-state index contributed by atoms with van der Waals surface area (Å²) < 4.78 is 1.19. The summed E-state index contributed by atoms with van der Waals surface area (Å²) in [6.07, 6.45) is 1.03. The smallest absolute Gasteiger partial charge is 0.175 e. The van der Waals surface area contributed by atoms with Crippen molar-refractivity contribution in [2.45, 2.75) is 18.9 Å². The number of benzene rings is 1. The van der Waals surface area contributed by atoms with E-state index in [-0.39, 0.29) is 0 Å². The van der Waals surface area contributed by atoms with Crippen LogP contribution in [-0.4, -0.2) is 33.9 Å². The molecule has 1 N–H and O–H groups in total. The third-order valence-corrected chi connectivity index (χ3v) is 5.96. The fourth-order valence-corrected chi connectivity index (χ4v) is 4.73. The lowest BCUT2D eigenvalue weighted by atomic mass is 9.86. The minimum Gasteiger partial charge on any atom is -0.341 e. The van der Waals surface area contributed by atoms with Gasteiger partial charge < -0.3 is 10.2 Å². The van der Waals surface area contributed by atoms with Crippen molar-refractivity contribution in [3.63, 3.8) is 0 Å². The topological polar surface area (TPSA) is 40.5 Å². The molecule has 1 fully saturated rings. The molecule has 2 aromatic rings. The highest BCUT2D eigenvalue weighted by Crippen LogP contribution is 2.38. The summed E-state index contributed by atoms with van der Waals surface area (Å²) in [6.45, 7) is 3.79. The van der Waals surface area contributed by atoms with E-state index in [0.29, 0.717) is 0 Å². The number of hydrogen-bond acceptors (Lipinski definition) is 4. The second-order valence-corrected chi connectivity index (χ2v) is 8.35. The second kappa shape index (κ2) is 5.78. The molecule has 0 aliphatic carbocycles. The van der Waals surface area contributed by atoms with Gasteiger partial charge in [0, 0.05) is 22.0 Å². The Morgan fingerprint density at radius 2 is 2.30 bits per heavy atom. The highest BCUT2D eigenvalue weighted by atomic mass is 127. The summed E-state index contributed by atoms with van der Waals surface area (Å²) in [5.74, 6) is 0.987. The molecule has 2 aliphatic heterocycles. The number of hydrogen-bond donors (Lipinski definition) is 1. The quantitative estimate of drug-likeness (QED) is 0.559. The van der Waals surface area contributed by atoms with Crippen LogP contribution < -0.4 is 5.32 Å². The van der Waals surface area contributed by atoms with Gasteiger partial charge in [0.2, 0.25) is 0 Å².